The van der Waals surface area contributed by atoms with Crippen LogP contribution in [0.15, 0.2) is 60.7 Å². The first-order valence-electron chi connectivity index (χ1n) is 11.6. The third kappa shape index (κ3) is 5.85. The quantitative estimate of drug-likeness (QED) is 0.447. The van der Waals surface area contributed by atoms with E-state index in [2.05, 4.69) is 5.32 Å². The number of amides is 2. The highest BCUT2D eigenvalue weighted by atomic mass is 32.1. The second-order valence-electron chi connectivity index (χ2n) is 8.36. The highest BCUT2D eigenvalue weighted by Crippen LogP contribution is 2.37. The van der Waals surface area contributed by atoms with Crippen molar-refractivity contribution in [3.63, 3.8) is 0 Å². The summed E-state index contributed by atoms with van der Waals surface area (Å²) < 4.78 is 11.3. The van der Waals surface area contributed by atoms with Gasteiger partial charge >= 0.3 is 0 Å². The first-order chi connectivity index (χ1) is 16.5. The van der Waals surface area contributed by atoms with E-state index in [0.29, 0.717) is 16.3 Å². The second kappa shape index (κ2) is 11.3. The van der Waals surface area contributed by atoms with Crippen molar-refractivity contribution in [1.29, 1.82) is 0 Å². The molecule has 1 aromatic heterocycles. The summed E-state index contributed by atoms with van der Waals surface area (Å²) in [5.74, 6) is 0.114. The molecule has 178 valence electrons. The van der Waals surface area contributed by atoms with Gasteiger partial charge in [-0.15, -0.1) is 11.3 Å². The van der Waals surface area contributed by atoms with Crippen LogP contribution in [0, 0.1) is 0 Å². The number of anilines is 1. The van der Waals surface area contributed by atoms with Crippen LogP contribution >= 0.6 is 11.3 Å². The van der Waals surface area contributed by atoms with Crippen molar-refractivity contribution in [1.82, 2.24) is 4.90 Å². The number of hydrogen-bond acceptors (Lipinski definition) is 5. The molecule has 0 spiro atoms. The van der Waals surface area contributed by atoms with Gasteiger partial charge in [0.05, 0.1) is 6.10 Å². The van der Waals surface area contributed by atoms with E-state index in [0.717, 1.165) is 48.4 Å². The van der Waals surface area contributed by atoms with Gasteiger partial charge in [-0.3, -0.25) is 9.59 Å². The van der Waals surface area contributed by atoms with Crippen LogP contribution in [-0.4, -0.2) is 43.5 Å². The number of thiophene rings is 1. The number of likely N-dealkylation sites (tertiary alicyclic amines) is 1. The maximum absolute atomic E-state index is 13.3. The van der Waals surface area contributed by atoms with E-state index in [1.165, 1.54) is 11.3 Å². The molecular weight excluding hydrogens is 448 g/mol. The zero-order valence-corrected chi connectivity index (χ0v) is 20.4. The summed E-state index contributed by atoms with van der Waals surface area (Å²) in [6.07, 6.45) is 3.13. The summed E-state index contributed by atoms with van der Waals surface area (Å²) in [5, 5.41) is 2.97. The smallest absolute Gasteiger partial charge is 0.269 e. The van der Waals surface area contributed by atoms with Crippen LogP contribution in [0.3, 0.4) is 0 Å². The highest BCUT2D eigenvalue weighted by Gasteiger charge is 2.22. The topological polar surface area (TPSA) is 67.9 Å². The first kappa shape index (κ1) is 24.0. The molecule has 1 aliphatic heterocycles. The molecule has 2 heterocycles. The number of carbonyl (C=O) groups is 2. The van der Waals surface area contributed by atoms with E-state index in [1.54, 1.807) is 7.11 Å². The number of piperidine rings is 1. The fraction of sp³-hybridized carbons (Fsp3) is 0.333. The van der Waals surface area contributed by atoms with Crippen molar-refractivity contribution in [2.75, 3.05) is 32.1 Å². The molecule has 2 amide bonds. The molecule has 2 aromatic carbocycles. The number of benzene rings is 2. The molecule has 3 aromatic rings. The Bertz CT molecular complexity index is 1120. The molecule has 0 radical (unpaired) electrons. The number of nitrogens with zero attached hydrogens (tertiary/aromatic N) is 1. The fourth-order valence-electron chi connectivity index (χ4n) is 3.95. The number of nitrogens with one attached hydrogen (secondary N) is 1. The molecule has 7 heteroatoms. The predicted molar refractivity (Wildman–Crippen MR) is 136 cm³/mol. The number of rotatable bonds is 8. The van der Waals surface area contributed by atoms with Crippen molar-refractivity contribution in [3.05, 3.63) is 71.1 Å². The van der Waals surface area contributed by atoms with Crippen LogP contribution in [0.25, 0.3) is 10.4 Å². The fourth-order valence-corrected chi connectivity index (χ4v) is 4.95. The lowest BCUT2D eigenvalue weighted by atomic mass is 10.1. The number of ether oxygens (including phenoxy) is 2. The van der Waals surface area contributed by atoms with Crippen LogP contribution in [0.2, 0.25) is 0 Å². The number of hydrogen-bond donors (Lipinski definition) is 1. The van der Waals surface area contributed by atoms with E-state index in [4.69, 9.17) is 9.47 Å². The Kier molecular flexibility index (Phi) is 7.98. The molecule has 34 heavy (non-hydrogen) atoms. The molecule has 1 unspecified atom stereocenters. The molecule has 1 N–H and O–H groups in total. The van der Waals surface area contributed by atoms with Gasteiger partial charge in [0.1, 0.15) is 10.6 Å². The Balaban J connectivity index is 1.55. The van der Waals surface area contributed by atoms with Gasteiger partial charge in [0.25, 0.3) is 11.8 Å². The van der Waals surface area contributed by atoms with Crippen LogP contribution in [-0.2, 0) is 9.53 Å². The average molecular weight is 479 g/mol. The van der Waals surface area contributed by atoms with Gasteiger partial charge < -0.3 is 19.7 Å². The maximum atomic E-state index is 13.3. The Morgan fingerprint density at radius 3 is 2.53 bits per heavy atom. The Hall–Kier alpha value is -3.16. The summed E-state index contributed by atoms with van der Waals surface area (Å²) in [6.45, 7) is 3.42. The lowest BCUT2D eigenvalue weighted by molar-refractivity contribution is -0.134. The average Bonchev–Trinajstić information content (AvgIpc) is 3.32. The number of carbonyl (C=O) groups excluding carboxylic acids is 2. The van der Waals surface area contributed by atoms with Crippen LogP contribution in [0.4, 0.5) is 5.69 Å². The zero-order chi connectivity index (χ0) is 23.9. The Morgan fingerprint density at radius 2 is 1.79 bits per heavy atom. The van der Waals surface area contributed by atoms with Crippen LogP contribution in [0.5, 0.6) is 5.75 Å². The van der Waals surface area contributed by atoms with Crippen LogP contribution < -0.4 is 10.1 Å². The standard InChI is InChI=1S/C27H30N2O4S/c1-19(32-2)21-12-9-13-22(16-21)28-27(31)26-23(17-24(34-26)20-10-5-3-6-11-20)33-18-25(30)29-14-7-4-8-15-29/h3,5-6,9-13,16-17,19H,4,7-8,14-15,18H2,1-2H3,(H,28,31). The molecular formula is C27H30N2O4S. The summed E-state index contributed by atoms with van der Waals surface area (Å²) in [6, 6.07) is 19.3. The van der Waals surface area contributed by atoms with Crippen molar-refractivity contribution < 1.29 is 19.1 Å². The third-order valence-corrected chi connectivity index (χ3v) is 7.15. The van der Waals surface area contributed by atoms with Crippen LogP contribution in [0.1, 0.15) is 47.5 Å². The molecule has 1 saturated heterocycles. The van der Waals surface area contributed by atoms with Gasteiger partial charge in [0.2, 0.25) is 0 Å². The van der Waals surface area contributed by atoms with E-state index in [1.807, 2.05) is 72.5 Å². The van der Waals surface area contributed by atoms with Gasteiger partial charge in [0.15, 0.2) is 6.61 Å². The predicted octanol–water partition coefficient (Wildman–Crippen LogP) is 5.77. The lowest BCUT2D eigenvalue weighted by Crippen LogP contribution is -2.38. The van der Waals surface area contributed by atoms with Crippen molar-refractivity contribution in [3.8, 4) is 16.2 Å². The molecule has 1 aliphatic rings. The van der Waals surface area contributed by atoms with E-state index in [-0.39, 0.29) is 24.5 Å². The number of methoxy groups -OCH3 is 1. The van der Waals surface area contributed by atoms with Crippen molar-refractivity contribution in [2.24, 2.45) is 0 Å². The van der Waals surface area contributed by atoms with E-state index < -0.39 is 0 Å². The summed E-state index contributed by atoms with van der Waals surface area (Å²) in [4.78, 5) is 29.1. The van der Waals surface area contributed by atoms with E-state index in [9.17, 15) is 9.59 Å². The maximum Gasteiger partial charge on any atom is 0.269 e. The van der Waals surface area contributed by atoms with Gasteiger partial charge in [-0.1, -0.05) is 42.5 Å². The van der Waals surface area contributed by atoms with Gasteiger partial charge in [0, 0.05) is 30.8 Å². The third-order valence-electron chi connectivity index (χ3n) is 5.99. The Labute approximate surface area is 204 Å². The van der Waals surface area contributed by atoms with Crippen molar-refractivity contribution >= 4 is 28.8 Å². The summed E-state index contributed by atoms with van der Waals surface area (Å²) in [7, 11) is 1.65. The largest absolute Gasteiger partial charge is 0.482 e. The van der Waals surface area contributed by atoms with E-state index >= 15 is 0 Å². The SMILES string of the molecule is COC(C)c1cccc(NC(=O)c2sc(-c3ccccc3)cc2OCC(=O)N2CCCCC2)c1. The van der Waals surface area contributed by atoms with Gasteiger partial charge in [-0.25, -0.2) is 0 Å². The minimum Gasteiger partial charge on any atom is -0.482 e. The molecule has 0 bridgehead atoms. The summed E-state index contributed by atoms with van der Waals surface area (Å²) >= 11 is 1.36. The monoisotopic (exact) mass is 478 g/mol. The first-order valence-corrected chi connectivity index (χ1v) is 12.4. The van der Waals surface area contributed by atoms with Crippen molar-refractivity contribution in [2.45, 2.75) is 32.3 Å². The Morgan fingerprint density at radius 1 is 1.03 bits per heavy atom. The lowest BCUT2D eigenvalue weighted by Gasteiger charge is -2.26. The minimum absolute atomic E-state index is 0.0419. The van der Waals surface area contributed by atoms with Gasteiger partial charge in [-0.2, -0.15) is 0 Å². The van der Waals surface area contributed by atoms with Gasteiger partial charge in [-0.05, 0) is 55.5 Å². The minimum atomic E-state index is -0.269. The molecule has 4 rings (SSSR count). The molecule has 1 atom stereocenters. The molecule has 1 fully saturated rings. The normalized spacial score (nSPS) is 14.5. The zero-order valence-electron chi connectivity index (χ0n) is 19.6. The second-order valence-corrected chi connectivity index (χ2v) is 9.41. The highest BCUT2D eigenvalue weighted by molar-refractivity contribution is 7.17. The molecule has 6 nitrogen and oxygen atoms in total. The molecule has 0 saturated carbocycles. The molecule has 0 aliphatic carbocycles. The summed E-state index contributed by atoms with van der Waals surface area (Å²) in [5.41, 5.74) is 2.64.